The van der Waals surface area contributed by atoms with Crippen LogP contribution in [0.4, 0.5) is 0 Å². The predicted molar refractivity (Wildman–Crippen MR) is 78.0 cm³/mol. The second kappa shape index (κ2) is 7.02. The van der Waals surface area contributed by atoms with Crippen molar-refractivity contribution in [3.63, 3.8) is 0 Å². The molecule has 0 aromatic heterocycles. The topological polar surface area (TPSA) is 69.6 Å². The molecular weight excluding hydrogens is 264 g/mol. The number of nitrogens with zero attached hydrogens (tertiary/aromatic N) is 1. The molecule has 0 aromatic carbocycles. The van der Waals surface area contributed by atoms with Crippen LogP contribution in [0.5, 0.6) is 0 Å². The van der Waals surface area contributed by atoms with E-state index in [4.69, 9.17) is 0 Å². The summed E-state index contributed by atoms with van der Waals surface area (Å²) in [7, 11) is 0.994. The van der Waals surface area contributed by atoms with E-state index in [2.05, 4.69) is 10.2 Å². The molecule has 0 aromatic rings. The molecule has 1 aliphatic rings. The Balaban J connectivity index is 2.39. The van der Waals surface area contributed by atoms with Gasteiger partial charge < -0.3 is 15.3 Å². The van der Waals surface area contributed by atoms with Crippen LogP contribution in [0, 0.1) is 5.92 Å². The molecule has 0 bridgehead atoms. The summed E-state index contributed by atoms with van der Waals surface area (Å²) in [4.78, 5) is 2.07. The lowest BCUT2D eigenvalue weighted by molar-refractivity contribution is 0.121. The molecule has 2 N–H and O–H groups in total. The minimum atomic E-state index is -2.88. The van der Waals surface area contributed by atoms with Gasteiger partial charge in [0.1, 0.15) is 9.84 Å². The second-order valence-corrected chi connectivity index (χ2v) is 8.13. The fourth-order valence-electron chi connectivity index (χ4n) is 2.99. The van der Waals surface area contributed by atoms with Crippen LogP contribution < -0.4 is 5.32 Å². The van der Waals surface area contributed by atoms with Gasteiger partial charge >= 0.3 is 0 Å². The Labute approximate surface area is 117 Å². The van der Waals surface area contributed by atoms with Crippen LogP contribution in [0.3, 0.4) is 0 Å². The number of hydrogen-bond donors (Lipinski definition) is 2. The molecule has 0 heterocycles. The normalized spacial score (nSPS) is 28.2. The average molecular weight is 292 g/mol. The predicted octanol–water partition coefficient (Wildman–Crippen LogP) is 0.104. The number of sulfone groups is 1. The summed E-state index contributed by atoms with van der Waals surface area (Å²) >= 11 is 0. The Morgan fingerprint density at radius 1 is 1.42 bits per heavy atom. The fourth-order valence-corrected chi connectivity index (χ4v) is 3.63. The van der Waals surface area contributed by atoms with Crippen LogP contribution in [0.15, 0.2) is 0 Å². The number of rotatable bonds is 8. The van der Waals surface area contributed by atoms with E-state index in [-0.39, 0.29) is 17.9 Å². The summed E-state index contributed by atoms with van der Waals surface area (Å²) in [5, 5.41) is 12.9. The van der Waals surface area contributed by atoms with Crippen LogP contribution in [-0.2, 0) is 9.84 Å². The molecule has 0 amide bonds. The summed E-state index contributed by atoms with van der Waals surface area (Å²) in [5.41, 5.74) is -0.127. The van der Waals surface area contributed by atoms with Crippen molar-refractivity contribution >= 4 is 9.84 Å². The summed E-state index contributed by atoms with van der Waals surface area (Å²) in [6.45, 7) is 1.64. The summed E-state index contributed by atoms with van der Waals surface area (Å²) in [5.74, 6) is 0.689. The minimum absolute atomic E-state index is 0.127. The monoisotopic (exact) mass is 292 g/mol. The van der Waals surface area contributed by atoms with Crippen LogP contribution in [0.1, 0.15) is 25.7 Å². The highest BCUT2D eigenvalue weighted by atomic mass is 32.2. The van der Waals surface area contributed by atoms with Crippen molar-refractivity contribution in [1.82, 2.24) is 10.2 Å². The van der Waals surface area contributed by atoms with Gasteiger partial charge in [0.05, 0.1) is 12.4 Å². The van der Waals surface area contributed by atoms with E-state index < -0.39 is 9.84 Å². The Kier molecular flexibility index (Phi) is 6.23. The van der Waals surface area contributed by atoms with Crippen molar-refractivity contribution in [2.75, 3.05) is 45.8 Å². The third-order valence-electron chi connectivity index (χ3n) is 4.44. The standard InChI is InChI=1S/C13H28N2O3S/c1-14-13(11-16)7-4-5-12(13)6-8-15(2)9-10-19(3,17)18/h12,14,16H,4-11H2,1-3H3. The van der Waals surface area contributed by atoms with E-state index in [0.29, 0.717) is 12.5 Å². The first-order valence-corrected chi connectivity index (χ1v) is 9.05. The molecule has 114 valence electrons. The van der Waals surface area contributed by atoms with Crippen molar-refractivity contribution in [1.29, 1.82) is 0 Å². The molecule has 0 aliphatic heterocycles. The fraction of sp³-hybridized carbons (Fsp3) is 1.00. The maximum Gasteiger partial charge on any atom is 0.148 e. The van der Waals surface area contributed by atoms with Gasteiger partial charge in [-0.25, -0.2) is 8.42 Å². The van der Waals surface area contributed by atoms with Gasteiger partial charge in [0.15, 0.2) is 0 Å². The maximum atomic E-state index is 11.1. The first-order valence-electron chi connectivity index (χ1n) is 6.99. The van der Waals surface area contributed by atoms with Gasteiger partial charge in [-0.1, -0.05) is 6.42 Å². The lowest BCUT2D eigenvalue weighted by atomic mass is 9.85. The van der Waals surface area contributed by atoms with E-state index in [0.717, 1.165) is 32.2 Å². The van der Waals surface area contributed by atoms with E-state index >= 15 is 0 Å². The largest absolute Gasteiger partial charge is 0.394 e. The molecule has 0 spiro atoms. The highest BCUT2D eigenvalue weighted by Gasteiger charge is 2.40. The highest BCUT2D eigenvalue weighted by molar-refractivity contribution is 7.90. The molecule has 0 saturated heterocycles. The van der Waals surface area contributed by atoms with Crippen LogP contribution in [-0.4, -0.2) is 69.8 Å². The summed E-state index contributed by atoms with van der Waals surface area (Å²) < 4.78 is 22.2. The molecule has 1 fully saturated rings. The van der Waals surface area contributed by atoms with Crippen LogP contribution >= 0.6 is 0 Å². The SMILES string of the molecule is CNC1(CO)CCCC1CCN(C)CCS(C)(=O)=O. The lowest BCUT2D eigenvalue weighted by Gasteiger charge is -2.34. The summed E-state index contributed by atoms with van der Waals surface area (Å²) in [6.07, 6.45) is 5.59. The Bertz CT molecular complexity index is 366. The maximum absolute atomic E-state index is 11.1. The molecule has 1 saturated carbocycles. The number of hydrogen-bond acceptors (Lipinski definition) is 5. The smallest absolute Gasteiger partial charge is 0.148 e. The zero-order valence-electron chi connectivity index (χ0n) is 12.4. The number of likely N-dealkylation sites (N-methyl/N-ethyl adjacent to an activating group) is 1. The third kappa shape index (κ3) is 5.02. The van der Waals surface area contributed by atoms with Crippen molar-refractivity contribution in [2.24, 2.45) is 5.92 Å². The molecule has 5 nitrogen and oxygen atoms in total. The molecule has 2 atom stereocenters. The van der Waals surface area contributed by atoms with Gasteiger partial charge in [0, 0.05) is 18.3 Å². The van der Waals surface area contributed by atoms with Crippen LogP contribution in [0.25, 0.3) is 0 Å². The van der Waals surface area contributed by atoms with Gasteiger partial charge in [-0.05, 0) is 45.8 Å². The second-order valence-electron chi connectivity index (χ2n) is 5.88. The molecule has 2 unspecified atom stereocenters. The van der Waals surface area contributed by atoms with Crippen molar-refractivity contribution in [3.05, 3.63) is 0 Å². The molecule has 1 aliphatic carbocycles. The minimum Gasteiger partial charge on any atom is -0.394 e. The van der Waals surface area contributed by atoms with Crippen molar-refractivity contribution in [2.45, 2.75) is 31.2 Å². The molecule has 19 heavy (non-hydrogen) atoms. The van der Waals surface area contributed by atoms with Gasteiger partial charge in [-0.3, -0.25) is 0 Å². The van der Waals surface area contributed by atoms with E-state index in [1.807, 2.05) is 14.1 Å². The zero-order valence-corrected chi connectivity index (χ0v) is 13.2. The quantitative estimate of drug-likeness (QED) is 0.664. The van der Waals surface area contributed by atoms with Gasteiger partial charge in [-0.2, -0.15) is 0 Å². The summed E-state index contributed by atoms with van der Waals surface area (Å²) in [6, 6.07) is 0. The first kappa shape index (κ1) is 16.9. The average Bonchev–Trinajstić information content (AvgIpc) is 2.76. The van der Waals surface area contributed by atoms with E-state index in [1.54, 1.807) is 0 Å². The van der Waals surface area contributed by atoms with Crippen LogP contribution in [0.2, 0.25) is 0 Å². The van der Waals surface area contributed by atoms with Gasteiger partial charge in [-0.15, -0.1) is 0 Å². The lowest BCUT2D eigenvalue weighted by Crippen LogP contribution is -2.50. The van der Waals surface area contributed by atoms with Gasteiger partial charge in [0.2, 0.25) is 0 Å². The number of nitrogens with one attached hydrogen (secondary N) is 1. The van der Waals surface area contributed by atoms with Crippen molar-refractivity contribution < 1.29 is 13.5 Å². The van der Waals surface area contributed by atoms with E-state index in [1.165, 1.54) is 6.26 Å². The van der Waals surface area contributed by atoms with E-state index in [9.17, 15) is 13.5 Å². The number of aliphatic hydroxyl groups excluding tert-OH is 1. The molecule has 6 heteroatoms. The van der Waals surface area contributed by atoms with Gasteiger partial charge in [0.25, 0.3) is 0 Å². The first-order chi connectivity index (χ1) is 8.83. The van der Waals surface area contributed by atoms with Crippen molar-refractivity contribution in [3.8, 4) is 0 Å². The highest BCUT2D eigenvalue weighted by Crippen LogP contribution is 2.37. The third-order valence-corrected chi connectivity index (χ3v) is 5.36. The Hall–Kier alpha value is -0.170. The Morgan fingerprint density at radius 3 is 2.63 bits per heavy atom. The number of aliphatic hydroxyl groups is 1. The molecular formula is C13H28N2O3S. The Morgan fingerprint density at radius 2 is 2.11 bits per heavy atom. The molecule has 1 rings (SSSR count). The molecule has 0 radical (unpaired) electrons. The zero-order chi connectivity index (χ0) is 14.5.